The highest BCUT2D eigenvalue weighted by molar-refractivity contribution is 6.18. The van der Waals surface area contributed by atoms with E-state index in [1.54, 1.807) is 0 Å². The first-order valence-electron chi connectivity index (χ1n) is 5.10. The second-order valence-corrected chi connectivity index (χ2v) is 4.74. The van der Waals surface area contributed by atoms with Gasteiger partial charge < -0.3 is 0 Å². The summed E-state index contributed by atoms with van der Waals surface area (Å²) in [6.07, 6.45) is 2.12. The van der Waals surface area contributed by atoms with Gasteiger partial charge in [0.2, 0.25) is 11.8 Å². The molecule has 82 valence electrons. The van der Waals surface area contributed by atoms with Crippen molar-refractivity contribution in [2.75, 3.05) is 6.54 Å². The van der Waals surface area contributed by atoms with Crippen molar-refractivity contribution in [2.24, 2.45) is 11.3 Å². The maximum atomic E-state index is 11.9. The standard InChI is InChI=1S/C10H14N2O3/c1-10(2)7(13)11-9(15)12(8(10)14)5-6-3-4-6/h6H,3-5H2,1-2H3,(H,11,13,15). The summed E-state index contributed by atoms with van der Waals surface area (Å²) < 4.78 is 0. The second-order valence-electron chi connectivity index (χ2n) is 4.74. The lowest BCUT2D eigenvalue weighted by Gasteiger charge is -2.34. The van der Waals surface area contributed by atoms with E-state index < -0.39 is 17.4 Å². The lowest BCUT2D eigenvalue weighted by molar-refractivity contribution is -0.149. The van der Waals surface area contributed by atoms with Gasteiger partial charge in [-0.3, -0.25) is 19.8 Å². The number of nitrogens with one attached hydrogen (secondary N) is 1. The molecule has 1 aliphatic heterocycles. The van der Waals surface area contributed by atoms with Crippen molar-refractivity contribution in [3.63, 3.8) is 0 Å². The van der Waals surface area contributed by atoms with Gasteiger partial charge in [-0.05, 0) is 32.6 Å². The number of rotatable bonds is 2. The summed E-state index contributed by atoms with van der Waals surface area (Å²) in [5, 5.41) is 2.21. The second kappa shape index (κ2) is 3.05. The Hall–Kier alpha value is -1.39. The first kappa shape index (κ1) is 10.1. The maximum Gasteiger partial charge on any atom is 0.330 e. The van der Waals surface area contributed by atoms with Crippen molar-refractivity contribution in [1.82, 2.24) is 10.2 Å². The van der Waals surface area contributed by atoms with Crippen molar-refractivity contribution in [3.05, 3.63) is 0 Å². The molecule has 4 amide bonds. The quantitative estimate of drug-likeness (QED) is 0.675. The molecule has 2 rings (SSSR count). The van der Waals surface area contributed by atoms with Gasteiger partial charge in [-0.1, -0.05) is 0 Å². The molecule has 2 aliphatic rings. The van der Waals surface area contributed by atoms with Gasteiger partial charge in [-0.25, -0.2) is 4.79 Å². The van der Waals surface area contributed by atoms with E-state index >= 15 is 0 Å². The minimum absolute atomic E-state index is 0.386. The average molecular weight is 210 g/mol. The zero-order valence-corrected chi connectivity index (χ0v) is 8.87. The fourth-order valence-electron chi connectivity index (χ4n) is 1.57. The molecule has 1 saturated heterocycles. The zero-order valence-electron chi connectivity index (χ0n) is 8.87. The van der Waals surface area contributed by atoms with E-state index in [2.05, 4.69) is 5.32 Å². The third kappa shape index (κ3) is 1.62. The van der Waals surface area contributed by atoms with Crippen LogP contribution >= 0.6 is 0 Å². The largest absolute Gasteiger partial charge is 0.330 e. The summed E-state index contributed by atoms with van der Waals surface area (Å²) in [5.41, 5.74) is -1.12. The van der Waals surface area contributed by atoms with Crippen molar-refractivity contribution in [2.45, 2.75) is 26.7 Å². The molecule has 5 nitrogen and oxygen atoms in total. The van der Waals surface area contributed by atoms with Crippen molar-refractivity contribution in [3.8, 4) is 0 Å². The first-order valence-corrected chi connectivity index (χ1v) is 5.10. The van der Waals surface area contributed by atoms with Crippen LogP contribution in [0.15, 0.2) is 0 Å². The van der Waals surface area contributed by atoms with Gasteiger partial charge in [0.15, 0.2) is 0 Å². The van der Waals surface area contributed by atoms with Crippen molar-refractivity contribution in [1.29, 1.82) is 0 Å². The molecular weight excluding hydrogens is 196 g/mol. The molecule has 1 saturated carbocycles. The van der Waals surface area contributed by atoms with E-state index in [1.165, 1.54) is 18.7 Å². The topological polar surface area (TPSA) is 66.5 Å². The Morgan fingerprint density at radius 2 is 1.93 bits per heavy atom. The third-order valence-electron chi connectivity index (χ3n) is 2.95. The molecule has 5 heteroatoms. The predicted octanol–water partition coefficient (Wildman–Crippen LogP) is 0.501. The minimum atomic E-state index is -1.12. The van der Waals surface area contributed by atoms with Gasteiger partial charge >= 0.3 is 6.03 Å². The van der Waals surface area contributed by atoms with Crippen LogP contribution in [0, 0.1) is 11.3 Å². The third-order valence-corrected chi connectivity index (χ3v) is 2.95. The number of hydrogen-bond acceptors (Lipinski definition) is 3. The molecule has 1 N–H and O–H groups in total. The predicted molar refractivity (Wildman–Crippen MR) is 51.8 cm³/mol. The zero-order chi connectivity index (χ0) is 11.2. The lowest BCUT2D eigenvalue weighted by Crippen LogP contribution is -2.62. The van der Waals surface area contributed by atoms with E-state index in [-0.39, 0.29) is 5.91 Å². The van der Waals surface area contributed by atoms with Gasteiger partial charge in [0.1, 0.15) is 5.41 Å². The van der Waals surface area contributed by atoms with Gasteiger partial charge in [0, 0.05) is 6.54 Å². The van der Waals surface area contributed by atoms with E-state index in [0.29, 0.717) is 12.5 Å². The van der Waals surface area contributed by atoms with Crippen LogP contribution in [0.5, 0.6) is 0 Å². The summed E-state index contributed by atoms with van der Waals surface area (Å²) in [4.78, 5) is 35.9. The number of carbonyl (C=O) groups is 3. The SMILES string of the molecule is CC1(C)C(=O)NC(=O)N(CC2CC2)C1=O. The Kier molecular flexibility index (Phi) is 2.06. The molecule has 2 fully saturated rings. The highest BCUT2D eigenvalue weighted by Crippen LogP contribution is 2.32. The van der Waals surface area contributed by atoms with E-state index in [0.717, 1.165) is 12.8 Å². The minimum Gasteiger partial charge on any atom is -0.277 e. The fourth-order valence-corrected chi connectivity index (χ4v) is 1.57. The fraction of sp³-hybridized carbons (Fsp3) is 0.700. The number of urea groups is 1. The van der Waals surface area contributed by atoms with Gasteiger partial charge in [0.25, 0.3) is 0 Å². The summed E-state index contributed by atoms with van der Waals surface area (Å²) in [7, 11) is 0. The van der Waals surface area contributed by atoms with Crippen LogP contribution in [-0.4, -0.2) is 29.3 Å². The number of nitrogens with zero attached hydrogens (tertiary/aromatic N) is 1. The van der Waals surface area contributed by atoms with E-state index in [4.69, 9.17) is 0 Å². The van der Waals surface area contributed by atoms with Crippen LogP contribution in [0.4, 0.5) is 4.79 Å². The number of carbonyl (C=O) groups excluding carboxylic acids is 3. The molecule has 0 atom stereocenters. The van der Waals surface area contributed by atoms with Gasteiger partial charge in [0.05, 0.1) is 0 Å². The highest BCUT2D eigenvalue weighted by atomic mass is 16.2. The number of imide groups is 2. The molecule has 0 unspecified atom stereocenters. The molecule has 15 heavy (non-hydrogen) atoms. The van der Waals surface area contributed by atoms with Crippen LogP contribution in [-0.2, 0) is 9.59 Å². The molecule has 0 spiro atoms. The van der Waals surface area contributed by atoms with Crippen LogP contribution in [0.25, 0.3) is 0 Å². The maximum absolute atomic E-state index is 11.9. The molecule has 0 aromatic heterocycles. The monoisotopic (exact) mass is 210 g/mol. The van der Waals surface area contributed by atoms with Crippen LogP contribution in [0.1, 0.15) is 26.7 Å². The van der Waals surface area contributed by atoms with Crippen LogP contribution in [0.3, 0.4) is 0 Å². The normalized spacial score (nSPS) is 25.5. The summed E-state index contributed by atoms with van der Waals surface area (Å²) in [5.74, 6) is -0.462. The number of amides is 4. The van der Waals surface area contributed by atoms with Gasteiger partial charge in [-0.2, -0.15) is 0 Å². The van der Waals surface area contributed by atoms with Crippen molar-refractivity contribution >= 4 is 17.8 Å². The molecule has 0 bridgehead atoms. The Labute approximate surface area is 87.8 Å². The highest BCUT2D eigenvalue weighted by Gasteiger charge is 2.47. The van der Waals surface area contributed by atoms with Crippen molar-refractivity contribution < 1.29 is 14.4 Å². The van der Waals surface area contributed by atoms with Crippen LogP contribution in [0.2, 0.25) is 0 Å². The smallest absolute Gasteiger partial charge is 0.277 e. The molecular formula is C10H14N2O3. The Morgan fingerprint density at radius 1 is 1.33 bits per heavy atom. The first-order chi connectivity index (χ1) is 6.93. The summed E-state index contributed by atoms with van der Waals surface area (Å²) in [6.45, 7) is 3.52. The average Bonchev–Trinajstić information content (AvgIpc) is 2.94. The molecule has 0 aromatic carbocycles. The number of barbiturate groups is 1. The Morgan fingerprint density at radius 3 is 2.47 bits per heavy atom. The molecule has 0 aromatic rings. The molecule has 1 heterocycles. The molecule has 1 aliphatic carbocycles. The summed E-state index contributed by atoms with van der Waals surface area (Å²) in [6, 6.07) is -0.573. The number of hydrogen-bond donors (Lipinski definition) is 1. The van der Waals surface area contributed by atoms with Gasteiger partial charge in [-0.15, -0.1) is 0 Å². The van der Waals surface area contributed by atoms with E-state index in [9.17, 15) is 14.4 Å². The Bertz CT molecular complexity index is 345. The van der Waals surface area contributed by atoms with E-state index in [1.807, 2.05) is 0 Å². The van der Waals surface area contributed by atoms with Crippen LogP contribution < -0.4 is 5.32 Å². The molecule has 0 radical (unpaired) electrons. The lowest BCUT2D eigenvalue weighted by atomic mass is 9.89. The summed E-state index contributed by atoms with van der Waals surface area (Å²) >= 11 is 0. The Balaban J connectivity index is 2.18.